The summed E-state index contributed by atoms with van der Waals surface area (Å²) >= 11 is 12.1. The minimum atomic E-state index is -3.73. The van der Waals surface area contributed by atoms with Crippen molar-refractivity contribution in [3.63, 3.8) is 0 Å². The van der Waals surface area contributed by atoms with Gasteiger partial charge in [0, 0.05) is 5.39 Å². The first-order chi connectivity index (χ1) is 12.9. The molecule has 1 heterocycles. The minimum absolute atomic E-state index is 0.141. The second kappa shape index (κ2) is 6.87. The van der Waals surface area contributed by atoms with E-state index in [0.717, 1.165) is 5.39 Å². The van der Waals surface area contributed by atoms with Crippen LogP contribution in [0.25, 0.3) is 10.8 Å². The van der Waals surface area contributed by atoms with Crippen molar-refractivity contribution in [3.05, 3.63) is 64.6 Å². The third-order valence-electron chi connectivity index (χ3n) is 4.40. The van der Waals surface area contributed by atoms with E-state index < -0.39 is 16.1 Å². The fourth-order valence-corrected chi connectivity index (χ4v) is 5.45. The van der Waals surface area contributed by atoms with E-state index in [1.165, 1.54) is 4.31 Å². The molecule has 0 fully saturated rings. The number of nitrogens with zero attached hydrogens (tertiary/aromatic N) is 1. The lowest BCUT2D eigenvalue weighted by atomic mass is 10.1. The van der Waals surface area contributed by atoms with Gasteiger partial charge in [0.1, 0.15) is 12.7 Å². The number of aliphatic hydroxyl groups is 1. The van der Waals surface area contributed by atoms with Gasteiger partial charge in [0.25, 0.3) is 10.0 Å². The molecule has 0 saturated heterocycles. The zero-order valence-electron chi connectivity index (χ0n) is 14.0. The third-order valence-corrected chi connectivity index (χ3v) is 6.81. The molecule has 1 atom stereocenters. The highest BCUT2D eigenvalue weighted by atomic mass is 35.5. The molecule has 5 nitrogen and oxygen atoms in total. The quantitative estimate of drug-likeness (QED) is 0.670. The molecule has 27 heavy (non-hydrogen) atoms. The predicted molar refractivity (Wildman–Crippen MR) is 106 cm³/mol. The van der Waals surface area contributed by atoms with E-state index in [-0.39, 0.29) is 23.8 Å². The van der Waals surface area contributed by atoms with Gasteiger partial charge in [0.15, 0.2) is 5.75 Å². The molecule has 0 bridgehead atoms. The van der Waals surface area contributed by atoms with Crippen LogP contribution < -0.4 is 9.04 Å². The van der Waals surface area contributed by atoms with Crippen LogP contribution in [0.3, 0.4) is 0 Å². The van der Waals surface area contributed by atoms with Crippen LogP contribution in [-0.4, -0.2) is 32.8 Å². The van der Waals surface area contributed by atoms with Crippen molar-refractivity contribution in [2.45, 2.75) is 11.0 Å². The van der Waals surface area contributed by atoms with Crippen LogP contribution in [0.1, 0.15) is 0 Å². The van der Waals surface area contributed by atoms with E-state index in [1.807, 2.05) is 12.1 Å². The van der Waals surface area contributed by atoms with Crippen molar-refractivity contribution in [3.8, 4) is 5.75 Å². The summed E-state index contributed by atoms with van der Waals surface area (Å²) in [6.45, 7) is -0.292. The van der Waals surface area contributed by atoms with Crippen LogP contribution >= 0.6 is 23.2 Å². The summed E-state index contributed by atoms with van der Waals surface area (Å²) in [5.41, 5.74) is 0.554. The van der Waals surface area contributed by atoms with Crippen molar-refractivity contribution < 1.29 is 18.3 Å². The fraction of sp³-hybridized carbons (Fsp3) is 0.158. The van der Waals surface area contributed by atoms with Gasteiger partial charge in [-0.15, -0.1) is 0 Å². The zero-order chi connectivity index (χ0) is 19.2. The lowest BCUT2D eigenvalue weighted by Gasteiger charge is -2.22. The van der Waals surface area contributed by atoms with E-state index in [1.54, 1.807) is 42.5 Å². The Labute approximate surface area is 166 Å². The number of benzene rings is 3. The fourth-order valence-electron chi connectivity index (χ4n) is 3.20. The van der Waals surface area contributed by atoms with Crippen molar-refractivity contribution in [2.24, 2.45) is 0 Å². The Kier molecular flexibility index (Phi) is 4.68. The molecule has 0 amide bonds. The van der Waals surface area contributed by atoms with Gasteiger partial charge in [0.2, 0.25) is 0 Å². The molecule has 1 aliphatic rings. The Balaban J connectivity index is 1.57. The molecular formula is C19H15Cl2NO4S. The van der Waals surface area contributed by atoms with Gasteiger partial charge < -0.3 is 9.84 Å². The SMILES string of the molecule is O=S1(=O)c2cccc3cccc(c23)N1CC(O)COc1c(Cl)cccc1Cl. The molecule has 0 spiro atoms. The van der Waals surface area contributed by atoms with Crippen molar-refractivity contribution >= 4 is 49.7 Å². The average Bonchev–Trinajstić information content (AvgIpc) is 2.85. The normalized spacial score (nSPS) is 15.9. The Morgan fingerprint density at radius 2 is 1.63 bits per heavy atom. The molecule has 0 aromatic heterocycles. The Morgan fingerprint density at radius 1 is 1.00 bits per heavy atom. The molecule has 3 aromatic carbocycles. The summed E-state index contributed by atoms with van der Waals surface area (Å²) in [5.74, 6) is 0.259. The third kappa shape index (κ3) is 3.12. The summed E-state index contributed by atoms with van der Waals surface area (Å²) < 4.78 is 32.6. The molecule has 1 N–H and O–H groups in total. The molecule has 0 radical (unpaired) electrons. The largest absolute Gasteiger partial charge is 0.488 e. The van der Waals surface area contributed by atoms with Crippen molar-refractivity contribution in [1.82, 2.24) is 0 Å². The van der Waals surface area contributed by atoms with Gasteiger partial charge in [-0.1, -0.05) is 53.5 Å². The summed E-state index contributed by atoms with van der Waals surface area (Å²) in [6.07, 6.45) is -1.07. The van der Waals surface area contributed by atoms with E-state index in [0.29, 0.717) is 21.1 Å². The van der Waals surface area contributed by atoms with Crippen LogP contribution in [0.5, 0.6) is 5.75 Å². The number of sulfonamides is 1. The van der Waals surface area contributed by atoms with Crippen LogP contribution in [0.2, 0.25) is 10.0 Å². The van der Waals surface area contributed by atoms with Crippen LogP contribution in [0.15, 0.2) is 59.5 Å². The Bertz CT molecular complexity index is 1110. The van der Waals surface area contributed by atoms with Crippen LogP contribution in [0, 0.1) is 0 Å². The van der Waals surface area contributed by atoms with Gasteiger partial charge in [0.05, 0.1) is 27.2 Å². The number of hydrogen-bond donors (Lipinski definition) is 1. The smallest absolute Gasteiger partial charge is 0.265 e. The highest BCUT2D eigenvalue weighted by molar-refractivity contribution is 7.93. The molecule has 8 heteroatoms. The first-order valence-electron chi connectivity index (χ1n) is 8.19. The summed E-state index contributed by atoms with van der Waals surface area (Å²) in [4.78, 5) is 0.248. The minimum Gasteiger partial charge on any atom is -0.488 e. The van der Waals surface area contributed by atoms with Crippen molar-refractivity contribution in [2.75, 3.05) is 17.5 Å². The van der Waals surface area contributed by atoms with Gasteiger partial charge in [-0.2, -0.15) is 0 Å². The highest BCUT2D eigenvalue weighted by Crippen LogP contribution is 2.42. The monoisotopic (exact) mass is 423 g/mol. The topological polar surface area (TPSA) is 66.8 Å². The number of aliphatic hydroxyl groups excluding tert-OH is 1. The zero-order valence-corrected chi connectivity index (χ0v) is 16.3. The highest BCUT2D eigenvalue weighted by Gasteiger charge is 2.36. The molecular weight excluding hydrogens is 409 g/mol. The first-order valence-corrected chi connectivity index (χ1v) is 10.4. The molecule has 140 valence electrons. The second-order valence-corrected chi connectivity index (χ2v) is 8.83. The molecule has 1 aliphatic heterocycles. The molecule has 3 aromatic rings. The van der Waals surface area contributed by atoms with Gasteiger partial charge in [-0.05, 0) is 29.7 Å². The maximum Gasteiger partial charge on any atom is 0.265 e. The summed E-state index contributed by atoms with van der Waals surface area (Å²) in [6, 6.07) is 15.5. The number of halogens is 2. The van der Waals surface area contributed by atoms with Gasteiger partial charge in [-0.3, -0.25) is 4.31 Å². The summed E-state index contributed by atoms with van der Waals surface area (Å²) in [5, 5.41) is 12.5. The number of ether oxygens (including phenoxy) is 1. The number of hydrogen-bond acceptors (Lipinski definition) is 4. The number of anilines is 1. The molecule has 1 unspecified atom stereocenters. The van der Waals surface area contributed by atoms with Gasteiger partial charge in [-0.25, -0.2) is 8.42 Å². The standard InChI is InChI=1S/C19H15Cl2NO4S/c20-14-6-3-7-15(21)19(14)26-11-13(23)10-22-16-8-1-4-12-5-2-9-17(18(12)16)27(22,24)25/h1-9,13,23H,10-11H2. The lowest BCUT2D eigenvalue weighted by molar-refractivity contribution is 0.115. The number of β-amino-alcohol motifs (C(OH)–C–C–N with tert-alkyl or cyclic N) is 1. The van der Waals surface area contributed by atoms with Crippen LogP contribution in [0.4, 0.5) is 5.69 Å². The molecule has 0 aliphatic carbocycles. The van der Waals surface area contributed by atoms with Gasteiger partial charge >= 0.3 is 0 Å². The van der Waals surface area contributed by atoms with E-state index in [2.05, 4.69) is 0 Å². The Morgan fingerprint density at radius 3 is 2.33 bits per heavy atom. The number of rotatable bonds is 5. The Hall–Kier alpha value is -1.99. The van der Waals surface area contributed by atoms with Crippen LogP contribution in [-0.2, 0) is 10.0 Å². The maximum absolute atomic E-state index is 12.9. The number of para-hydroxylation sites is 1. The van der Waals surface area contributed by atoms with E-state index >= 15 is 0 Å². The molecule has 4 rings (SSSR count). The predicted octanol–water partition coefficient (Wildman–Crippen LogP) is 4.10. The van der Waals surface area contributed by atoms with E-state index in [9.17, 15) is 13.5 Å². The van der Waals surface area contributed by atoms with E-state index in [4.69, 9.17) is 27.9 Å². The second-order valence-electron chi connectivity index (χ2n) is 6.18. The molecule has 0 saturated carbocycles. The first kappa shape index (κ1) is 18.4. The summed E-state index contributed by atoms with van der Waals surface area (Å²) in [7, 11) is -3.73. The maximum atomic E-state index is 12.9. The van der Waals surface area contributed by atoms with Crippen molar-refractivity contribution in [1.29, 1.82) is 0 Å². The average molecular weight is 424 g/mol. The lowest BCUT2D eigenvalue weighted by Crippen LogP contribution is -2.37.